The van der Waals surface area contributed by atoms with Crippen molar-refractivity contribution < 1.29 is 14.3 Å². The summed E-state index contributed by atoms with van der Waals surface area (Å²) in [6, 6.07) is 11.0. The molecule has 0 radical (unpaired) electrons. The van der Waals surface area contributed by atoms with Gasteiger partial charge in [-0.3, -0.25) is 15.0 Å². The number of nitrogens with zero attached hydrogens (tertiary/aromatic N) is 1. The van der Waals surface area contributed by atoms with Gasteiger partial charge in [-0.05, 0) is 36.2 Å². The first-order chi connectivity index (χ1) is 12.6. The number of nitrogens with one attached hydrogen (secondary N) is 2. The molecule has 2 aromatic rings. The predicted octanol–water partition coefficient (Wildman–Crippen LogP) is 2.77. The minimum atomic E-state index is -0.486. The summed E-state index contributed by atoms with van der Waals surface area (Å²) in [6.07, 6.45) is 1.69. The van der Waals surface area contributed by atoms with Crippen molar-refractivity contribution in [3.05, 3.63) is 64.9 Å². The average Bonchev–Trinajstić information content (AvgIpc) is 3.12. The van der Waals surface area contributed by atoms with Gasteiger partial charge in [-0.15, -0.1) is 11.3 Å². The van der Waals surface area contributed by atoms with Crippen LogP contribution in [0, 0.1) is 0 Å². The van der Waals surface area contributed by atoms with Crippen molar-refractivity contribution in [2.45, 2.75) is 13.1 Å². The van der Waals surface area contributed by atoms with Gasteiger partial charge in [-0.2, -0.15) is 0 Å². The van der Waals surface area contributed by atoms with Crippen molar-refractivity contribution in [1.29, 1.82) is 0 Å². The highest BCUT2D eigenvalue weighted by atomic mass is 32.1. The van der Waals surface area contributed by atoms with E-state index in [-0.39, 0.29) is 12.5 Å². The molecule has 3 amide bonds. The SMILES string of the molecule is C=CCOc1ccc(CN(C)CC(=O)NC(=O)NCc2cccs2)cc1. The summed E-state index contributed by atoms with van der Waals surface area (Å²) in [5.74, 6) is 0.429. The molecule has 0 spiro atoms. The first-order valence-corrected chi connectivity index (χ1v) is 9.06. The quantitative estimate of drug-likeness (QED) is 0.663. The number of amides is 3. The number of rotatable bonds is 9. The van der Waals surface area contributed by atoms with Crippen molar-refractivity contribution in [1.82, 2.24) is 15.5 Å². The molecule has 2 N–H and O–H groups in total. The van der Waals surface area contributed by atoms with Crippen molar-refractivity contribution >= 4 is 23.3 Å². The summed E-state index contributed by atoms with van der Waals surface area (Å²) in [4.78, 5) is 26.5. The molecule has 0 saturated carbocycles. The van der Waals surface area contributed by atoms with Crippen LogP contribution in [-0.2, 0) is 17.9 Å². The standard InChI is InChI=1S/C19H23N3O3S/c1-3-10-25-16-8-6-15(7-9-16)13-22(2)14-18(23)21-19(24)20-12-17-5-4-11-26-17/h3-9,11H,1,10,12-14H2,2H3,(H2,20,21,23,24). The lowest BCUT2D eigenvalue weighted by atomic mass is 10.2. The van der Waals surface area contributed by atoms with Gasteiger partial charge in [0.2, 0.25) is 5.91 Å². The zero-order valence-electron chi connectivity index (χ0n) is 14.7. The molecule has 0 aliphatic carbocycles. The van der Waals surface area contributed by atoms with Crippen LogP contribution in [0.4, 0.5) is 4.79 Å². The van der Waals surface area contributed by atoms with Crippen molar-refractivity contribution in [2.24, 2.45) is 0 Å². The lowest BCUT2D eigenvalue weighted by Crippen LogP contribution is -2.43. The van der Waals surface area contributed by atoms with E-state index in [1.807, 2.05) is 53.7 Å². The molecule has 6 nitrogen and oxygen atoms in total. The number of thiophene rings is 1. The largest absolute Gasteiger partial charge is 0.490 e. The van der Waals surface area contributed by atoms with Gasteiger partial charge in [0.15, 0.2) is 0 Å². The van der Waals surface area contributed by atoms with E-state index in [9.17, 15) is 9.59 Å². The normalized spacial score (nSPS) is 10.4. The second kappa shape index (κ2) is 10.4. The maximum atomic E-state index is 11.9. The molecule has 0 saturated heterocycles. The van der Waals surface area contributed by atoms with E-state index in [0.717, 1.165) is 16.2 Å². The van der Waals surface area contributed by atoms with E-state index >= 15 is 0 Å². The van der Waals surface area contributed by atoms with E-state index in [2.05, 4.69) is 17.2 Å². The summed E-state index contributed by atoms with van der Waals surface area (Å²) >= 11 is 1.55. The molecular weight excluding hydrogens is 350 g/mol. The molecule has 1 aromatic heterocycles. The topological polar surface area (TPSA) is 70.7 Å². The molecule has 0 bridgehead atoms. The zero-order valence-corrected chi connectivity index (χ0v) is 15.6. The number of likely N-dealkylation sites (N-methyl/N-ethyl adjacent to an activating group) is 1. The number of urea groups is 1. The lowest BCUT2D eigenvalue weighted by Gasteiger charge is -2.16. The van der Waals surface area contributed by atoms with E-state index in [0.29, 0.717) is 19.7 Å². The number of carbonyl (C=O) groups is 2. The fourth-order valence-electron chi connectivity index (χ4n) is 2.25. The molecule has 0 atom stereocenters. The molecule has 138 valence electrons. The molecular formula is C19H23N3O3S. The van der Waals surface area contributed by atoms with Gasteiger partial charge in [-0.25, -0.2) is 4.79 Å². The first kappa shape index (κ1) is 19.7. The Morgan fingerprint density at radius 1 is 1.27 bits per heavy atom. The second-order valence-electron chi connectivity index (χ2n) is 5.73. The molecule has 0 aliphatic heterocycles. The Labute approximate surface area is 157 Å². The van der Waals surface area contributed by atoms with Crippen LogP contribution in [0.5, 0.6) is 5.75 Å². The minimum Gasteiger partial charge on any atom is -0.490 e. The minimum absolute atomic E-state index is 0.126. The third-order valence-electron chi connectivity index (χ3n) is 3.41. The van der Waals surface area contributed by atoms with Gasteiger partial charge >= 0.3 is 6.03 Å². The van der Waals surface area contributed by atoms with E-state index in [4.69, 9.17) is 4.74 Å². The highest BCUT2D eigenvalue weighted by molar-refractivity contribution is 7.09. The summed E-state index contributed by atoms with van der Waals surface area (Å²) in [6.45, 7) is 5.20. The number of imide groups is 1. The molecule has 0 unspecified atom stereocenters. The lowest BCUT2D eigenvalue weighted by molar-refractivity contribution is -0.120. The van der Waals surface area contributed by atoms with Gasteiger partial charge in [0, 0.05) is 11.4 Å². The summed E-state index contributed by atoms with van der Waals surface area (Å²) in [7, 11) is 1.82. The first-order valence-electron chi connectivity index (χ1n) is 8.18. The number of benzene rings is 1. The van der Waals surface area contributed by atoms with Gasteiger partial charge in [0.25, 0.3) is 0 Å². The third-order valence-corrected chi connectivity index (χ3v) is 4.29. The molecule has 26 heavy (non-hydrogen) atoms. The van der Waals surface area contributed by atoms with Crippen molar-refractivity contribution in [3.63, 3.8) is 0 Å². The summed E-state index contributed by atoms with van der Waals surface area (Å²) in [5.41, 5.74) is 1.05. The molecule has 0 aliphatic rings. The van der Waals surface area contributed by atoms with E-state index in [1.54, 1.807) is 17.4 Å². The summed E-state index contributed by atoms with van der Waals surface area (Å²) < 4.78 is 5.43. The third kappa shape index (κ3) is 7.08. The summed E-state index contributed by atoms with van der Waals surface area (Å²) in [5, 5.41) is 6.94. The molecule has 7 heteroatoms. The Morgan fingerprint density at radius 2 is 2.04 bits per heavy atom. The number of ether oxygens (including phenoxy) is 1. The van der Waals surface area contributed by atoms with Crippen molar-refractivity contribution in [3.8, 4) is 5.75 Å². The number of carbonyl (C=O) groups excluding carboxylic acids is 2. The van der Waals surface area contributed by atoms with Crippen LogP contribution >= 0.6 is 11.3 Å². The highest BCUT2D eigenvalue weighted by Crippen LogP contribution is 2.13. The van der Waals surface area contributed by atoms with Crippen LogP contribution in [0.2, 0.25) is 0 Å². The van der Waals surface area contributed by atoms with Crippen LogP contribution in [0.15, 0.2) is 54.4 Å². The Hall–Kier alpha value is -2.64. The fourth-order valence-corrected chi connectivity index (χ4v) is 2.89. The smallest absolute Gasteiger partial charge is 0.321 e. The number of hydrogen-bond acceptors (Lipinski definition) is 5. The van der Waals surface area contributed by atoms with E-state index in [1.165, 1.54) is 0 Å². The van der Waals surface area contributed by atoms with Crippen LogP contribution in [-0.4, -0.2) is 37.0 Å². The van der Waals surface area contributed by atoms with Gasteiger partial charge < -0.3 is 10.1 Å². The molecule has 2 rings (SSSR count). The Kier molecular flexibility index (Phi) is 7.85. The van der Waals surface area contributed by atoms with Crippen LogP contribution in [0.25, 0.3) is 0 Å². The average molecular weight is 373 g/mol. The molecule has 1 heterocycles. The van der Waals surface area contributed by atoms with Gasteiger partial charge in [0.05, 0.1) is 13.1 Å². The number of hydrogen-bond donors (Lipinski definition) is 2. The Bertz CT molecular complexity index is 714. The maximum Gasteiger partial charge on any atom is 0.321 e. The predicted molar refractivity (Wildman–Crippen MR) is 103 cm³/mol. The zero-order chi connectivity index (χ0) is 18.8. The monoisotopic (exact) mass is 373 g/mol. The van der Waals surface area contributed by atoms with Gasteiger partial charge in [-0.1, -0.05) is 30.9 Å². The van der Waals surface area contributed by atoms with Crippen LogP contribution in [0.1, 0.15) is 10.4 Å². The highest BCUT2D eigenvalue weighted by Gasteiger charge is 2.11. The molecule has 0 fully saturated rings. The maximum absolute atomic E-state index is 11.9. The Balaban J connectivity index is 1.70. The van der Waals surface area contributed by atoms with Crippen LogP contribution in [0.3, 0.4) is 0 Å². The second-order valence-corrected chi connectivity index (χ2v) is 6.76. The fraction of sp³-hybridized carbons (Fsp3) is 0.263. The van der Waals surface area contributed by atoms with Gasteiger partial charge in [0.1, 0.15) is 12.4 Å². The Morgan fingerprint density at radius 3 is 2.69 bits per heavy atom. The van der Waals surface area contributed by atoms with E-state index < -0.39 is 6.03 Å². The molecule has 1 aromatic carbocycles. The van der Waals surface area contributed by atoms with Crippen molar-refractivity contribution in [2.75, 3.05) is 20.2 Å². The van der Waals surface area contributed by atoms with Crippen LogP contribution < -0.4 is 15.4 Å².